The zero-order valence-corrected chi connectivity index (χ0v) is 40.4. The lowest BCUT2D eigenvalue weighted by Crippen LogP contribution is -2.66. The van der Waals surface area contributed by atoms with Crippen molar-refractivity contribution in [2.24, 2.45) is 0 Å². The quantitative estimate of drug-likeness (QED) is 0.0591. The molecule has 0 aliphatic carbocycles. The smallest absolute Gasteiger partial charge is 0.187 e. The second-order valence-electron chi connectivity index (χ2n) is 18.0. The molecule has 2 saturated heterocycles. The van der Waals surface area contributed by atoms with Crippen molar-refractivity contribution in [3.63, 3.8) is 0 Å². The summed E-state index contributed by atoms with van der Waals surface area (Å²) in [5, 5.41) is 12.3. The largest absolute Gasteiger partial charge is 0.374 e. The average Bonchev–Trinajstić information content (AvgIpc) is 3.43. The SMILES string of the molecule is O[C@@H]1OC(COCc2ccccc2)[C@H](OCc2ccccc2)C(OCc2ccccc2)C1O[C@@H]1OC(COCc2ccccc2)[C@H](OCc2ccccc2)C(OCc2ccccc2)C1OCc1ccccc1. The van der Waals surface area contributed by atoms with Crippen molar-refractivity contribution in [2.45, 2.75) is 108 Å². The van der Waals surface area contributed by atoms with Gasteiger partial charge in [-0.05, 0) is 38.9 Å². The molecular weight excluding hydrogens is 909 g/mol. The van der Waals surface area contributed by atoms with Gasteiger partial charge in [-0.1, -0.05) is 212 Å². The van der Waals surface area contributed by atoms with Crippen molar-refractivity contribution in [2.75, 3.05) is 13.2 Å². The van der Waals surface area contributed by atoms with Gasteiger partial charge >= 0.3 is 0 Å². The Labute approximate surface area is 423 Å². The summed E-state index contributed by atoms with van der Waals surface area (Å²) in [6.07, 6.45) is -9.48. The van der Waals surface area contributed by atoms with Gasteiger partial charge in [0.25, 0.3) is 0 Å². The molecule has 11 nitrogen and oxygen atoms in total. The van der Waals surface area contributed by atoms with Gasteiger partial charge in [-0.2, -0.15) is 0 Å². The minimum Gasteiger partial charge on any atom is -0.374 e. The van der Waals surface area contributed by atoms with E-state index in [2.05, 4.69) is 0 Å². The van der Waals surface area contributed by atoms with Crippen LogP contribution in [0.5, 0.6) is 0 Å². The van der Waals surface area contributed by atoms with Gasteiger partial charge in [0.2, 0.25) is 0 Å². The Hall–Kier alpha value is -5.90. The van der Waals surface area contributed by atoms with Crippen LogP contribution in [0.15, 0.2) is 212 Å². The number of aliphatic hydroxyl groups excluding tert-OH is 1. The van der Waals surface area contributed by atoms with Gasteiger partial charge in [-0.3, -0.25) is 0 Å². The standard InChI is InChI=1S/C61H64O11/c62-60-58(56(67-40-49-30-16-5-17-31-49)54(65-38-47-26-12-3-13-27-47)52(70-60)43-63-36-45-22-8-1-9-23-45)72-61-59(69-42-51-34-20-7-21-35-51)57(68-41-50-32-18-6-19-33-50)55(66-39-48-28-14-4-15-29-48)53(71-61)44-64-37-46-24-10-2-11-25-46/h1-35,52-62H,36-44H2/t52?,53?,54-,55-,56?,57?,58?,59?,60+,61-/m0/s1. The van der Waals surface area contributed by atoms with Gasteiger partial charge in [-0.25, -0.2) is 0 Å². The summed E-state index contributed by atoms with van der Waals surface area (Å²) in [4.78, 5) is 0. The molecule has 1 N–H and O–H groups in total. The highest BCUT2D eigenvalue weighted by Crippen LogP contribution is 2.36. The van der Waals surface area contributed by atoms with Gasteiger partial charge in [0.1, 0.15) is 48.8 Å². The molecule has 9 rings (SSSR count). The zero-order chi connectivity index (χ0) is 49.0. The molecule has 0 spiro atoms. The van der Waals surface area contributed by atoms with E-state index in [1.807, 2.05) is 212 Å². The van der Waals surface area contributed by atoms with E-state index < -0.39 is 61.4 Å². The minimum atomic E-state index is -1.52. The molecule has 0 bridgehead atoms. The van der Waals surface area contributed by atoms with E-state index in [1.54, 1.807) is 0 Å². The van der Waals surface area contributed by atoms with E-state index in [4.69, 9.17) is 47.4 Å². The molecule has 2 aliphatic heterocycles. The van der Waals surface area contributed by atoms with E-state index in [0.29, 0.717) is 13.2 Å². The first kappa shape index (κ1) is 51.0. The van der Waals surface area contributed by atoms with E-state index >= 15 is 0 Å². The molecule has 7 aromatic rings. The molecule has 72 heavy (non-hydrogen) atoms. The molecule has 0 saturated carbocycles. The number of rotatable bonds is 25. The first-order valence-corrected chi connectivity index (χ1v) is 24.8. The van der Waals surface area contributed by atoms with Crippen molar-refractivity contribution in [3.05, 3.63) is 251 Å². The fourth-order valence-electron chi connectivity index (χ4n) is 8.98. The minimum absolute atomic E-state index is 0.0999. The van der Waals surface area contributed by atoms with Crippen molar-refractivity contribution in [1.82, 2.24) is 0 Å². The number of benzene rings is 7. The van der Waals surface area contributed by atoms with Gasteiger partial charge < -0.3 is 52.5 Å². The Kier molecular flexibility index (Phi) is 19.3. The molecule has 2 aliphatic rings. The van der Waals surface area contributed by atoms with Crippen LogP contribution >= 0.6 is 0 Å². The van der Waals surface area contributed by atoms with Crippen LogP contribution in [0, 0.1) is 0 Å². The van der Waals surface area contributed by atoms with Crippen molar-refractivity contribution in [1.29, 1.82) is 0 Å². The molecule has 2 heterocycles. The maximum atomic E-state index is 12.3. The fraction of sp³-hybridized carbons (Fsp3) is 0.311. The maximum Gasteiger partial charge on any atom is 0.187 e. The molecule has 6 unspecified atom stereocenters. The molecule has 0 aromatic heterocycles. The van der Waals surface area contributed by atoms with Gasteiger partial charge in [-0.15, -0.1) is 0 Å². The Balaban J connectivity index is 1.07. The van der Waals surface area contributed by atoms with Crippen molar-refractivity contribution < 1.29 is 52.5 Å². The van der Waals surface area contributed by atoms with Crippen LogP contribution < -0.4 is 0 Å². The average molecular weight is 973 g/mol. The normalized spacial score (nSPS) is 24.2. The number of hydrogen-bond acceptors (Lipinski definition) is 11. The lowest BCUT2D eigenvalue weighted by molar-refractivity contribution is -0.379. The topological polar surface area (TPSA) is 113 Å². The fourth-order valence-corrected chi connectivity index (χ4v) is 8.98. The molecule has 11 heteroatoms. The van der Waals surface area contributed by atoms with E-state index in [1.165, 1.54) is 0 Å². The Morgan fingerprint density at radius 3 is 0.889 bits per heavy atom. The third-order valence-corrected chi connectivity index (χ3v) is 12.7. The lowest BCUT2D eigenvalue weighted by Gasteiger charge is -2.49. The van der Waals surface area contributed by atoms with E-state index in [9.17, 15) is 5.11 Å². The summed E-state index contributed by atoms with van der Waals surface area (Å²) in [6.45, 7) is 2.01. The van der Waals surface area contributed by atoms with E-state index in [-0.39, 0.29) is 46.2 Å². The number of ether oxygens (including phenoxy) is 10. The third-order valence-electron chi connectivity index (χ3n) is 12.7. The molecular formula is C61H64O11. The second kappa shape index (κ2) is 27.2. The molecule has 0 radical (unpaired) electrons. The lowest BCUT2D eigenvalue weighted by atomic mass is 9.96. The zero-order valence-electron chi connectivity index (χ0n) is 40.4. The van der Waals surface area contributed by atoms with Crippen molar-refractivity contribution in [3.8, 4) is 0 Å². The Morgan fingerprint density at radius 1 is 0.292 bits per heavy atom. The summed E-state index contributed by atoms with van der Waals surface area (Å²) < 4.78 is 68.3. The van der Waals surface area contributed by atoms with Crippen LogP contribution in [-0.4, -0.2) is 79.7 Å². The predicted molar refractivity (Wildman–Crippen MR) is 272 cm³/mol. The van der Waals surface area contributed by atoms with Crippen LogP contribution in [0.25, 0.3) is 0 Å². The monoisotopic (exact) mass is 972 g/mol. The second-order valence-corrected chi connectivity index (χ2v) is 18.0. The Morgan fingerprint density at radius 2 is 0.556 bits per heavy atom. The van der Waals surface area contributed by atoms with Crippen LogP contribution in [0.4, 0.5) is 0 Å². The summed E-state index contributed by atoms with van der Waals surface area (Å²) in [5.74, 6) is 0. The first-order valence-electron chi connectivity index (χ1n) is 24.8. The molecule has 7 aromatic carbocycles. The predicted octanol–water partition coefficient (Wildman–Crippen LogP) is 10.2. The number of hydrogen-bond donors (Lipinski definition) is 1. The molecule has 0 amide bonds. The molecule has 2 fully saturated rings. The molecule has 374 valence electrons. The van der Waals surface area contributed by atoms with Crippen LogP contribution in [-0.2, 0) is 93.6 Å². The molecule has 10 atom stereocenters. The maximum absolute atomic E-state index is 12.3. The van der Waals surface area contributed by atoms with Crippen LogP contribution in [0.1, 0.15) is 38.9 Å². The van der Waals surface area contributed by atoms with Gasteiger partial charge in [0.15, 0.2) is 12.6 Å². The Bertz CT molecular complexity index is 2550. The summed E-state index contributed by atoms with van der Waals surface area (Å²) in [6, 6.07) is 69.6. The highest BCUT2D eigenvalue weighted by Gasteiger charge is 2.54. The summed E-state index contributed by atoms with van der Waals surface area (Å²) in [7, 11) is 0. The number of aliphatic hydroxyl groups is 1. The van der Waals surface area contributed by atoms with E-state index in [0.717, 1.165) is 38.9 Å². The highest BCUT2D eigenvalue weighted by molar-refractivity contribution is 5.19. The van der Waals surface area contributed by atoms with Crippen LogP contribution in [0.2, 0.25) is 0 Å². The third kappa shape index (κ3) is 14.8. The summed E-state index contributed by atoms with van der Waals surface area (Å²) in [5.41, 5.74) is 6.77. The van der Waals surface area contributed by atoms with Gasteiger partial charge in [0, 0.05) is 0 Å². The van der Waals surface area contributed by atoms with Crippen molar-refractivity contribution >= 4 is 0 Å². The first-order chi connectivity index (χ1) is 35.6. The van der Waals surface area contributed by atoms with Crippen LogP contribution in [0.3, 0.4) is 0 Å². The van der Waals surface area contributed by atoms with Gasteiger partial charge in [0.05, 0.1) is 59.5 Å². The highest BCUT2D eigenvalue weighted by atomic mass is 16.8. The summed E-state index contributed by atoms with van der Waals surface area (Å²) >= 11 is 0.